The number of nitrogens with one attached hydrogen (secondary N) is 1. The Morgan fingerprint density at radius 2 is 2.11 bits per heavy atom. The highest BCUT2D eigenvalue weighted by Crippen LogP contribution is 2.46. The molecule has 1 aliphatic carbocycles. The molecule has 1 amide bonds. The number of hydrogen-bond donors (Lipinski definition) is 1. The molecule has 1 atom stereocenters. The van der Waals surface area contributed by atoms with Gasteiger partial charge in [0.05, 0.1) is 0 Å². The molecule has 104 valence electrons. The first-order valence-electron chi connectivity index (χ1n) is 6.51. The van der Waals surface area contributed by atoms with Gasteiger partial charge < -0.3 is 10.2 Å². The van der Waals surface area contributed by atoms with Gasteiger partial charge in [-0.15, -0.1) is 0 Å². The molecular weight excluding hydrogens is 245 g/mol. The minimum Gasteiger partial charge on any atom is -0.339 e. The van der Waals surface area contributed by atoms with Gasteiger partial charge in [-0.1, -0.05) is 6.92 Å². The van der Waals surface area contributed by atoms with Crippen molar-refractivity contribution in [2.24, 2.45) is 5.41 Å². The summed E-state index contributed by atoms with van der Waals surface area (Å²) >= 11 is 0. The first-order valence-corrected chi connectivity index (χ1v) is 6.51. The monoisotopic (exact) mass is 264 g/mol. The van der Waals surface area contributed by atoms with Crippen LogP contribution in [0.4, 0.5) is 13.2 Å². The lowest BCUT2D eigenvalue weighted by molar-refractivity contribution is -0.222. The summed E-state index contributed by atoms with van der Waals surface area (Å²) in [5, 5.41) is 2.69. The maximum absolute atomic E-state index is 13.3. The number of alkyl halides is 3. The molecule has 3 nitrogen and oxygen atoms in total. The predicted octanol–water partition coefficient (Wildman–Crippen LogP) is 1.93. The number of halogens is 3. The van der Waals surface area contributed by atoms with Gasteiger partial charge in [0.15, 0.2) is 5.41 Å². The molecule has 1 saturated heterocycles. The first-order chi connectivity index (χ1) is 8.42. The van der Waals surface area contributed by atoms with Gasteiger partial charge in [0.25, 0.3) is 0 Å². The zero-order valence-corrected chi connectivity index (χ0v) is 10.5. The molecule has 0 aromatic carbocycles. The summed E-state index contributed by atoms with van der Waals surface area (Å²) in [6.45, 7) is 2.30. The fourth-order valence-corrected chi connectivity index (χ4v) is 2.59. The third-order valence-corrected chi connectivity index (χ3v) is 3.82. The molecular formula is C12H19F3N2O. The second-order valence-electron chi connectivity index (χ2n) is 5.24. The van der Waals surface area contributed by atoms with Crippen molar-refractivity contribution in [1.29, 1.82) is 0 Å². The van der Waals surface area contributed by atoms with Crippen molar-refractivity contribution in [2.75, 3.05) is 19.6 Å². The minimum absolute atomic E-state index is 0.0391. The summed E-state index contributed by atoms with van der Waals surface area (Å²) < 4.78 is 39.8. The Morgan fingerprint density at radius 1 is 1.44 bits per heavy atom. The zero-order chi connectivity index (χ0) is 13.4. The van der Waals surface area contributed by atoms with Gasteiger partial charge in [0.1, 0.15) is 0 Å². The van der Waals surface area contributed by atoms with Crippen LogP contribution < -0.4 is 5.32 Å². The fourth-order valence-electron chi connectivity index (χ4n) is 2.59. The second-order valence-corrected chi connectivity index (χ2v) is 5.24. The molecule has 0 radical (unpaired) electrons. The largest absolute Gasteiger partial charge is 0.404 e. The van der Waals surface area contributed by atoms with E-state index in [0.717, 1.165) is 12.8 Å². The highest BCUT2D eigenvalue weighted by atomic mass is 19.4. The van der Waals surface area contributed by atoms with E-state index in [0.29, 0.717) is 13.0 Å². The van der Waals surface area contributed by atoms with Crippen LogP contribution in [0, 0.1) is 5.41 Å². The van der Waals surface area contributed by atoms with Gasteiger partial charge in [-0.05, 0) is 32.2 Å². The molecule has 2 fully saturated rings. The smallest absolute Gasteiger partial charge is 0.339 e. The average Bonchev–Trinajstić information content (AvgIpc) is 2.99. The topological polar surface area (TPSA) is 32.3 Å². The summed E-state index contributed by atoms with van der Waals surface area (Å²) in [4.78, 5) is 13.8. The molecule has 1 unspecified atom stereocenters. The Kier molecular flexibility index (Phi) is 3.58. The van der Waals surface area contributed by atoms with E-state index in [1.165, 1.54) is 4.90 Å². The summed E-state index contributed by atoms with van der Waals surface area (Å²) in [5.74, 6) is -0.718. The highest BCUT2D eigenvalue weighted by molar-refractivity contribution is 5.85. The summed E-state index contributed by atoms with van der Waals surface area (Å²) in [5.41, 5.74) is -2.19. The Labute approximate surface area is 105 Å². The third-order valence-electron chi connectivity index (χ3n) is 3.82. The van der Waals surface area contributed by atoms with Gasteiger partial charge in [0.2, 0.25) is 5.91 Å². The number of amides is 1. The first kappa shape index (κ1) is 13.6. The lowest BCUT2D eigenvalue weighted by Crippen LogP contribution is -2.54. The molecule has 1 heterocycles. The van der Waals surface area contributed by atoms with Crippen LogP contribution in [0.3, 0.4) is 0 Å². The van der Waals surface area contributed by atoms with Gasteiger partial charge >= 0.3 is 6.18 Å². The van der Waals surface area contributed by atoms with E-state index in [4.69, 9.17) is 0 Å². The third kappa shape index (κ3) is 2.22. The minimum atomic E-state index is -4.46. The number of carbonyl (C=O) groups is 1. The van der Waals surface area contributed by atoms with Crippen molar-refractivity contribution in [3.05, 3.63) is 0 Å². The molecule has 2 aliphatic rings. The Balaban J connectivity index is 2.22. The van der Waals surface area contributed by atoms with Crippen LogP contribution >= 0.6 is 0 Å². The van der Waals surface area contributed by atoms with Crippen LogP contribution in [-0.2, 0) is 4.79 Å². The maximum Gasteiger partial charge on any atom is 0.404 e. The van der Waals surface area contributed by atoms with Crippen LogP contribution in [-0.4, -0.2) is 42.7 Å². The van der Waals surface area contributed by atoms with Crippen molar-refractivity contribution in [2.45, 2.75) is 44.8 Å². The standard InChI is InChI=1S/C12H19F3N2O/c1-2-7-17(9-3-4-9)10(18)11(12(13,14)15)5-6-16-8-11/h9,16H,2-8H2,1H3. The van der Waals surface area contributed by atoms with E-state index >= 15 is 0 Å². The molecule has 0 bridgehead atoms. The molecule has 2 rings (SSSR count). The van der Waals surface area contributed by atoms with Crippen LogP contribution in [0.25, 0.3) is 0 Å². The fraction of sp³-hybridized carbons (Fsp3) is 0.917. The Bertz CT molecular complexity index is 320. The van der Waals surface area contributed by atoms with E-state index in [1.807, 2.05) is 6.92 Å². The molecule has 1 saturated carbocycles. The SMILES string of the molecule is CCCN(C(=O)C1(C(F)(F)F)CCNC1)C1CC1. The molecule has 1 N–H and O–H groups in total. The van der Waals surface area contributed by atoms with Crippen molar-refractivity contribution in [3.63, 3.8) is 0 Å². The summed E-state index contributed by atoms with van der Waals surface area (Å²) in [6, 6.07) is 0.0391. The van der Waals surface area contributed by atoms with Crippen molar-refractivity contribution in [1.82, 2.24) is 10.2 Å². The lowest BCUT2D eigenvalue weighted by Gasteiger charge is -2.35. The quantitative estimate of drug-likeness (QED) is 0.841. The summed E-state index contributed by atoms with van der Waals surface area (Å²) in [6.07, 6.45) is -2.22. The number of hydrogen-bond acceptors (Lipinski definition) is 2. The predicted molar refractivity (Wildman–Crippen MR) is 61.0 cm³/mol. The maximum atomic E-state index is 13.3. The van der Waals surface area contributed by atoms with Gasteiger partial charge in [0, 0.05) is 19.1 Å². The Morgan fingerprint density at radius 3 is 2.50 bits per heavy atom. The Hall–Kier alpha value is -0.780. The van der Waals surface area contributed by atoms with E-state index < -0.39 is 17.5 Å². The van der Waals surface area contributed by atoms with Gasteiger partial charge in [-0.2, -0.15) is 13.2 Å². The van der Waals surface area contributed by atoms with Crippen LogP contribution in [0.1, 0.15) is 32.6 Å². The van der Waals surface area contributed by atoms with Crippen LogP contribution in [0.15, 0.2) is 0 Å². The van der Waals surface area contributed by atoms with E-state index in [-0.39, 0.29) is 25.6 Å². The molecule has 0 spiro atoms. The van der Waals surface area contributed by atoms with E-state index in [1.54, 1.807) is 0 Å². The van der Waals surface area contributed by atoms with Gasteiger partial charge in [-0.25, -0.2) is 0 Å². The van der Waals surface area contributed by atoms with E-state index in [9.17, 15) is 18.0 Å². The van der Waals surface area contributed by atoms with Crippen molar-refractivity contribution in [3.8, 4) is 0 Å². The second kappa shape index (κ2) is 4.72. The van der Waals surface area contributed by atoms with Crippen molar-refractivity contribution >= 4 is 5.91 Å². The molecule has 0 aromatic heterocycles. The van der Waals surface area contributed by atoms with Crippen LogP contribution in [0.2, 0.25) is 0 Å². The average molecular weight is 264 g/mol. The highest BCUT2D eigenvalue weighted by Gasteiger charge is 2.63. The zero-order valence-electron chi connectivity index (χ0n) is 10.5. The molecule has 6 heteroatoms. The summed E-state index contributed by atoms with van der Waals surface area (Å²) in [7, 11) is 0. The normalized spacial score (nSPS) is 28.4. The molecule has 18 heavy (non-hydrogen) atoms. The van der Waals surface area contributed by atoms with Crippen LogP contribution in [0.5, 0.6) is 0 Å². The molecule has 0 aromatic rings. The molecule has 1 aliphatic heterocycles. The number of rotatable bonds is 4. The van der Waals surface area contributed by atoms with E-state index in [2.05, 4.69) is 5.32 Å². The number of nitrogens with zero attached hydrogens (tertiary/aromatic N) is 1. The lowest BCUT2D eigenvalue weighted by atomic mass is 9.84. The van der Waals surface area contributed by atoms with Crippen molar-refractivity contribution < 1.29 is 18.0 Å². The van der Waals surface area contributed by atoms with Gasteiger partial charge in [-0.3, -0.25) is 4.79 Å². The number of carbonyl (C=O) groups excluding carboxylic acids is 1.